The van der Waals surface area contributed by atoms with Crippen molar-refractivity contribution in [3.8, 4) is 5.75 Å². The van der Waals surface area contributed by atoms with Gasteiger partial charge in [0.05, 0.1) is 6.21 Å². The molecule has 0 saturated heterocycles. The first-order valence-corrected chi connectivity index (χ1v) is 6.88. The van der Waals surface area contributed by atoms with Crippen LogP contribution in [0.25, 0.3) is 0 Å². The average Bonchev–Trinajstić information content (AvgIpc) is 2.92. The largest absolute Gasteiger partial charge is 0.422 e. The number of hydrogen-bond acceptors (Lipinski definition) is 5. The number of thiocarbonyl (C=S) groups is 1. The highest BCUT2D eigenvalue weighted by molar-refractivity contribution is 7.80. The molecule has 0 atom stereocenters. The van der Waals surface area contributed by atoms with Crippen LogP contribution in [0.1, 0.15) is 15.2 Å². The molecule has 0 aliphatic heterocycles. The SMILES string of the molecule is NC(=S)NN=Cc1cccc(OC(=O)c2cccs2)c1. The van der Waals surface area contributed by atoms with Crippen LogP contribution in [0.5, 0.6) is 5.75 Å². The van der Waals surface area contributed by atoms with Gasteiger partial charge >= 0.3 is 5.97 Å². The van der Waals surface area contributed by atoms with Crippen LogP contribution in [0.3, 0.4) is 0 Å². The van der Waals surface area contributed by atoms with Crippen molar-refractivity contribution in [2.24, 2.45) is 10.8 Å². The lowest BCUT2D eigenvalue weighted by Crippen LogP contribution is -2.23. The summed E-state index contributed by atoms with van der Waals surface area (Å²) in [6.07, 6.45) is 1.53. The van der Waals surface area contributed by atoms with Gasteiger partial charge in [0.15, 0.2) is 5.11 Å². The zero-order chi connectivity index (χ0) is 14.4. The van der Waals surface area contributed by atoms with Gasteiger partial charge < -0.3 is 10.5 Å². The van der Waals surface area contributed by atoms with Gasteiger partial charge in [-0.3, -0.25) is 5.43 Å². The molecule has 1 aromatic heterocycles. The fourth-order valence-electron chi connectivity index (χ4n) is 1.38. The van der Waals surface area contributed by atoms with E-state index >= 15 is 0 Å². The minimum Gasteiger partial charge on any atom is -0.422 e. The Kier molecular flexibility index (Phi) is 4.80. The molecular weight excluding hydrogens is 294 g/mol. The van der Waals surface area contributed by atoms with Crippen molar-refractivity contribution in [2.75, 3.05) is 0 Å². The summed E-state index contributed by atoms with van der Waals surface area (Å²) in [6, 6.07) is 10.5. The molecule has 0 unspecified atom stereocenters. The summed E-state index contributed by atoms with van der Waals surface area (Å²) >= 11 is 5.96. The van der Waals surface area contributed by atoms with Gasteiger partial charge in [-0.1, -0.05) is 18.2 Å². The fraction of sp³-hybridized carbons (Fsp3) is 0. The predicted molar refractivity (Wildman–Crippen MR) is 83.2 cm³/mol. The van der Waals surface area contributed by atoms with Crippen LogP contribution < -0.4 is 15.9 Å². The van der Waals surface area contributed by atoms with Crippen molar-refractivity contribution >= 4 is 40.9 Å². The number of rotatable bonds is 4. The standard InChI is InChI=1S/C13H11N3O2S2/c14-13(19)16-15-8-9-3-1-4-10(7-9)18-12(17)11-5-2-6-20-11/h1-8H,(H3,14,16,19). The number of carbonyl (C=O) groups is 1. The summed E-state index contributed by atoms with van der Waals surface area (Å²) in [5.74, 6) is 0.0676. The molecule has 0 spiro atoms. The molecule has 0 fully saturated rings. The minimum absolute atomic E-state index is 0.0847. The molecule has 20 heavy (non-hydrogen) atoms. The Morgan fingerprint density at radius 2 is 2.25 bits per heavy atom. The first kappa shape index (κ1) is 14.2. The molecule has 0 aliphatic carbocycles. The van der Waals surface area contributed by atoms with Crippen LogP contribution in [-0.2, 0) is 0 Å². The third kappa shape index (κ3) is 4.15. The van der Waals surface area contributed by atoms with Gasteiger partial charge in [0, 0.05) is 0 Å². The monoisotopic (exact) mass is 305 g/mol. The van der Waals surface area contributed by atoms with E-state index in [1.807, 2.05) is 11.4 Å². The lowest BCUT2D eigenvalue weighted by Gasteiger charge is -2.03. The molecule has 0 saturated carbocycles. The van der Waals surface area contributed by atoms with Gasteiger partial charge in [0.1, 0.15) is 10.6 Å². The van der Waals surface area contributed by atoms with Gasteiger partial charge in [-0.2, -0.15) is 5.10 Å². The number of thiophene rings is 1. The van der Waals surface area contributed by atoms with Crippen LogP contribution >= 0.6 is 23.6 Å². The number of hydrogen-bond donors (Lipinski definition) is 2. The molecule has 0 aliphatic rings. The van der Waals surface area contributed by atoms with E-state index < -0.39 is 0 Å². The molecular formula is C13H11N3O2S2. The molecule has 2 rings (SSSR count). The number of ether oxygens (including phenoxy) is 1. The number of nitrogens with zero attached hydrogens (tertiary/aromatic N) is 1. The zero-order valence-electron chi connectivity index (χ0n) is 10.3. The summed E-state index contributed by atoms with van der Waals surface area (Å²) in [4.78, 5) is 12.4. The number of carbonyl (C=O) groups excluding carboxylic acids is 1. The highest BCUT2D eigenvalue weighted by Crippen LogP contribution is 2.16. The normalized spacial score (nSPS) is 10.4. The van der Waals surface area contributed by atoms with E-state index in [4.69, 9.17) is 10.5 Å². The summed E-state index contributed by atoms with van der Waals surface area (Å²) in [5.41, 5.74) is 8.45. The Bertz CT molecular complexity index is 639. The summed E-state index contributed by atoms with van der Waals surface area (Å²) in [7, 11) is 0. The van der Waals surface area contributed by atoms with Crippen LogP contribution in [0.2, 0.25) is 0 Å². The Morgan fingerprint density at radius 1 is 1.40 bits per heavy atom. The van der Waals surface area contributed by atoms with Crippen molar-refractivity contribution < 1.29 is 9.53 Å². The fourth-order valence-corrected chi connectivity index (χ4v) is 2.03. The topological polar surface area (TPSA) is 76.7 Å². The first-order chi connectivity index (χ1) is 9.65. The Balaban J connectivity index is 2.04. The average molecular weight is 305 g/mol. The van der Waals surface area contributed by atoms with Crippen LogP contribution in [0.15, 0.2) is 46.9 Å². The lowest BCUT2D eigenvalue weighted by atomic mass is 10.2. The molecule has 0 amide bonds. The number of benzene rings is 1. The maximum Gasteiger partial charge on any atom is 0.353 e. The van der Waals surface area contributed by atoms with Crippen LogP contribution in [0, 0.1) is 0 Å². The smallest absolute Gasteiger partial charge is 0.353 e. The van der Waals surface area contributed by atoms with Crippen LogP contribution in [-0.4, -0.2) is 17.3 Å². The lowest BCUT2D eigenvalue weighted by molar-refractivity contribution is 0.0740. The summed E-state index contributed by atoms with van der Waals surface area (Å²) in [5, 5.41) is 5.74. The molecule has 1 heterocycles. The predicted octanol–water partition coefficient (Wildman–Crippen LogP) is 2.13. The molecule has 7 heteroatoms. The van der Waals surface area contributed by atoms with E-state index in [2.05, 4.69) is 22.7 Å². The molecule has 1 aromatic carbocycles. The Morgan fingerprint density at radius 3 is 2.95 bits per heavy atom. The van der Waals surface area contributed by atoms with Crippen LogP contribution in [0.4, 0.5) is 0 Å². The minimum atomic E-state index is -0.379. The second-order valence-corrected chi connectivity index (χ2v) is 5.06. The van der Waals surface area contributed by atoms with E-state index in [0.29, 0.717) is 10.6 Å². The molecule has 102 valence electrons. The summed E-state index contributed by atoms with van der Waals surface area (Å²) in [6.45, 7) is 0. The Hall–Kier alpha value is -2.25. The van der Waals surface area contributed by atoms with Crippen molar-refractivity contribution in [3.05, 3.63) is 52.2 Å². The van der Waals surface area contributed by atoms with E-state index in [1.165, 1.54) is 17.6 Å². The van der Waals surface area contributed by atoms with E-state index in [0.717, 1.165) is 5.56 Å². The molecule has 0 radical (unpaired) electrons. The molecule has 2 aromatic rings. The van der Waals surface area contributed by atoms with Gasteiger partial charge in [0.25, 0.3) is 0 Å². The second kappa shape index (κ2) is 6.78. The summed E-state index contributed by atoms with van der Waals surface area (Å²) < 4.78 is 5.27. The number of hydrazone groups is 1. The maximum atomic E-state index is 11.8. The molecule has 0 bridgehead atoms. The third-order valence-electron chi connectivity index (χ3n) is 2.18. The van der Waals surface area contributed by atoms with Gasteiger partial charge in [-0.15, -0.1) is 11.3 Å². The Labute approximate surface area is 125 Å². The zero-order valence-corrected chi connectivity index (χ0v) is 11.9. The van der Waals surface area contributed by atoms with Gasteiger partial charge in [0.2, 0.25) is 0 Å². The second-order valence-electron chi connectivity index (χ2n) is 3.67. The molecule has 5 nitrogen and oxygen atoms in total. The van der Waals surface area contributed by atoms with Crippen molar-refractivity contribution in [1.82, 2.24) is 5.43 Å². The van der Waals surface area contributed by atoms with E-state index in [9.17, 15) is 4.79 Å². The number of nitrogens with one attached hydrogen (secondary N) is 1. The third-order valence-corrected chi connectivity index (χ3v) is 3.12. The van der Waals surface area contributed by atoms with Crippen molar-refractivity contribution in [1.29, 1.82) is 0 Å². The van der Waals surface area contributed by atoms with Crippen molar-refractivity contribution in [3.63, 3.8) is 0 Å². The van der Waals surface area contributed by atoms with Gasteiger partial charge in [-0.25, -0.2) is 4.79 Å². The quantitative estimate of drug-likeness (QED) is 0.297. The number of nitrogens with two attached hydrogens (primary N) is 1. The number of esters is 1. The van der Waals surface area contributed by atoms with Gasteiger partial charge in [-0.05, 0) is 41.4 Å². The van der Waals surface area contributed by atoms with E-state index in [1.54, 1.807) is 30.3 Å². The van der Waals surface area contributed by atoms with Crippen molar-refractivity contribution in [2.45, 2.75) is 0 Å². The highest BCUT2D eigenvalue weighted by atomic mass is 32.1. The first-order valence-electron chi connectivity index (χ1n) is 5.59. The van der Waals surface area contributed by atoms with E-state index in [-0.39, 0.29) is 11.1 Å². The highest BCUT2D eigenvalue weighted by Gasteiger charge is 2.09. The maximum absolute atomic E-state index is 11.8. The molecule has 3 N–H and O–H groups in total.